The van der Waals surface area contributed by atoms with Crippen LogP contribution >= 0.6 is 22.9 Å². The van der Waals surface area contributed by atoms with Crippen LogP contribution in [0.15, 0.2) is 38.4 Å². The lowest BCUT2D eigenvalue weighted by molar-refractivity contribution is -0.141. The maximum absolute atomic E-state index is 13.4. The highest BCUT2D eigenvalue weighted by Crippen LogP contribution is 2.46. The number of fused-ring (bicyclic) bond motifs is 1. The Labute approximate surface area is 208 Å². The smallest absolute Gasteiger partial charge is 0.343 e. The number of carbonyl (C=O) groups excluding carboxylic acids is 2. The van der Waals surface area contributed by atoms with Crippen molar-refractivity contribution >= 4 is 56.5 Å². The highest BCUT2D eigenvalue weighted by atomic mass is 35.5. The maximum atomic E-state index is 13.4. The molecule has 0 saturated heterocycles. The molecule has 0 saturated carbocycles. The number of ether oxygens (including phenoxy) is 4. The number of hydrogen-bond acceptors (Lipinski definition) is 11. The third kappa shape index (κ3) is 5.28. The van der Waals surface area contributed by atoms with Gasteiger partial charge in [0.05, 0.1) is 10.6 Å². The van der Waals surface area contributed by atoms with E-state index in [0.29, 0.717) is 5.75 Å². The van der Waals surface area contributed by atoms with Crippen LogP contribution in [0.25, 0.3) is 0 Å². The van der Waals surface area contributed by atoms with E-state index in [1.54, 1.807) is 12.3 Å². The average Bonchev–Trinajstić information content (AvgIpc) is 3.55. The molecule has 12 nitrogen and oxygen atoms in total. The minimum atomic E-state index is -4.23. The first kappa shape index (κ1) is 24.6. The fraction of sp³-hybridized carbons (Fsp3) is 0.250. The normalized spacial score (nSPS) is 12.3. The lowest BCUT2D eigenvalue weighted by Crippen LogP contribution is -2.40. The Morgan fingerprint density at radius 2 is 2.00 bits per heavy atom. The average molecular weight is 544 g/mol. The number of amides is 2. The van der Waals surface area contributed by atoms with Gasteiger partial charge in [-0.25, -0.2) is 22.8 Å². The van der Waals surface area contributed by atoms with Crippen LogP contribution in [-0.2, 0) is 19.6 Å². The van der Waals surface area contributed by atoms with Crippen LogP contribution in [0.3, 0.4) is 0 Å². The third-order valence-corrected chi connectivity index (χ3v) is 7.13. The molecule has 15 heteroatoms. The molecule has 0 unspecified atom stereocenters. The van der Waals surface area contributed by atoms with Crippen LogP contribution in [0.4, 0.5) is 16.4 Å². The molecular weight excluding hydrogens is 526 g/mol. The van der Waals surface area contributed by atoms with Gasteiger partial charge < -0.3 is 23.5 Å². The molecule has 2 amide bonds. The molecule has 0 atom stereocenters. The van der Waals surface area contributed by atoms with Crippen molar-refractivity contribution in [3.05, 3.63) is 39.7 Å². The molecule has 186 valence electrons. The van der Waals surface area contributed by atoms with Crippen molar-refractivity contribution < 1.29 is 41.5 Å². The van der Waals surface area contributed by atoms with Crippen LogP contribution in [0, 0.1) is 6.92 Å². The van der Waals surface area contributed by atoms with Gasteiger partial charge in [-0.3, -0.25) is 4.79 Å². The minimum absolute atomic E-state index is 0.00754. The zero-order chi connectivity index (χ0) is 25.2. The molecule has 1 N–H and O–H groups in total. The standard InChI is InChI=1S/C20H18ClN3O9S2/c1-11-18(21)19(33-22-11)24(20(26)23-35(27,28)13-3-6-34-9-13)14-7-16-17(32-10-31-16)8-15(14)30-5-4-29-12(2)25/h3,6-9H,4-5,10H2,1-2H3,(H,23,26). The quantitative estimate of drug-likeness (QED) is 0.330. The first-order valence-electron chi connectivity index (χ1n) is 9.88. The number of benzene rings is 1. The number of nitrogens with one attached hydrogen (secondary N) is 1. The summed E-state index contributed by atoms with van der Waals surface area (Å²) in [7, 11) is -4.23. The lowest BCUT2D eigenvalue weighted by Gasteiger charge is -2.23. The maximum Gasteiger partial charge on any atom is 0.343 e. The summed E-state index contributed by atoms with van der Waals surface area (Å²) < 4.78 is 54.2. The zero-order valence-electron chi connectivity index (χ0n) is 18.3. The molecule has 1 aliphatic rings. The monoisotopic (exact) mass is 543 g/mol. The Morgan fingerprint density at radius 1 is 1.26 bits per heavy atom. The molecule has 0 radical (unpaired) electrons. The van der Waals surface area contributed by atoms with E-state index >= 15 is 0 Å². The Hall–Kier alpha value is -3.49. The molecule has 0 fully saturated rings. The Kier molecular flexibility index (Phi) is 7.05. The van der Waals surface area contributed by atoms with Crippen LogP contribution in [0.1, 0.15) is 12.6 Å². The van der Waals surface area contributed by atoms with Gasteiger partial charge in [0.2, 0.25) is 6.79 Å². The first-order chi connectivity index (χ1) is 16.7. The number of aromatic nitrogens is 1. The van der Waals surface area contributed by atoms with Gasteiger partial charge in [-0.1, -0.05) is 16.8 Å². The second-order valence-electron chi connectivity index (χ2n) is 6.95. The number of aryl methyl sites for hydroxylation is 1. The summed E-state index contributed by atoms with van der Waals surface area (Å²) in [5.41, 5.74) is 0.270. The van der Waals surface area contributed by atoms with Gasteiger partial charge in [0.15, 0.2) is 11.5 Å². The summed E-state index contributed by atoms with van der Waals surface area (Å²) >= 11 is 7.47. The van der Waals surface area contributed by atoms with E-state index in [9.17, 15) is 18.0 Å². The van der Waals surface area contributed by atoms with E-state index in [1.165, 1.54) is 30.5 Å². The largest absolute Gasteiger partial charge is 0.488 e. The summed E-state index contributed by atoms with van der Waals surface area (Å²) in [4.78, 5) is 25.2. The minimum Gasteiger partial charge on any atom is -0.488 e. The van der Waals surface area contributed by atoms with Crippen molar-refractivity contribution in [2.75, 3.05) is 24.9 Å². The van der Waals surface area contributed by atoms with Crippen molar-refractivity contribution in [1.82, 2.24) is 9.88 Å². The fourth-order valence-corrected chi connectivity index (χ4v) is 5.08. The van der Waals surface area contributed by atoms with Crippen molar-refractivity contribution in [3.63, 3.8) is 0 Å². The summed E-state index contributed by atoms with van der Waals surface area (Å²) in [5, 5.41) is 6.65. The van der Waals surface area contributed by atoms with Crippen molar-refractivity contribution in [2.24, 2.45) is 0 Å². The number of urea groups is 1. The van der Waals surface area contributed by atoms with E-state index in [0.717, 1.165) is 16.2 Å². The van der Waals surface area contributed by atoms with Gasteiger partial charge in [0.1, 0.15) is 29.7 Å². The summed E-state index contributed by atoms with van der Waals surface area (Å²) in [6.45, 7) is 2.55. The van der Waals surface area contributed by atoms with Gasteiger partial charge in [-0.15, -0.1) is 0 Å². The molecule has 35 heavy (non-hydrogen) atoms. The number of rotatable bonds is 8. The molecule has 4 rings (SSSR count). The molecule has 0 bridgehead atoms. The number of halogens is 1. The summed E-state index contributed by atoms with van der Waals surface area (Å²) in [6, 6.07) is 3.06. The van der Waals surface area contributed by atoms with E-state index in [1.807, 2.05) is 4.72 Å². The Morgan fingerprint density at radius 3 is 2.63 bits per heavy atom. The second kappa shape index (κ2) is 10.0. The number of thiophene rings is 1. The number of carbonyl (C=O) groups is 2. The van der Waals surface area contributed by atoms with Crippen molar-refractivity contribution in [3.8, 4) is 17.2 Å². The fourth-order valence-electron chi connectivity index (χ4n) is 2.96. The van der Waals surface area contributed by atoms with Gasteiger partial charge in [-0.05, 0) is 18.4 Å². The van der Waals surface area contributed by atoms with E-state index in [4.69, 9.17) is 35.1 Å². The predicted octanol–water partition coefficient (Wildman–Crippen LogP) is 3.61. The number of anilines is 2. The summed E-state index contributed by atoms with van der Waals surface area (Å²) in [6.07, 6.45) is 0. The van der Waals surface area contributed by atoms with Gasteiger partial charge in [-0.2, -0.15) is 11.3 Å². The Balaban J connectivity index is 1.76. The number of hydrogen-bond donors (Lipinski definition) is 1. The van der Waals surface area contributed by atoms with Gasteiger partial charge in [0, 0.05) is 24.4 Å². The van der Waals surface area contributed by atoms with Crippen molar-refractivity contribution in [1.29, 1.82) is 0 Å². The highest BCUT2D eigenvalue weighted by molar-refractivity contribution is 7.90. The van der Waals surface area contributed by atoms with E-state index in [-0.39, 0.29) is 58.7 Å². The number of nitrogens with zero attached hydrogens (tertiary/aromatic N) is 2. The van der Waals surface area contributed by atoms with Crippen LogP contribution in [0.5, 0.6) is 17.2 Å². The molecular formula is C20H18ClN3O9S2. The van der Waals surface area contributed by atoms with Gasteiger partial charge >= 0.3 is 12.0 Å². The van der Waals surface area contributed by atoms with Crippen LogP contribution in [0.2, 0.25) is 5.02 Å². The number of esters is 1. The van der Waals surface area contributed by atoms with E-state index < -0.39 is 22.0 Å². The topological polar surface area (TPSA) is 146 Å². The molecule has 2 aromatic heterocycles. The zero-order valence-corrected chi connectivity index (χ0v) is 20.7. The molecule has 3 aromatic rings. The predicted molar refractivity (Wildman–Crippen MR) is 123 cm³/mol. The molecule has 1 aliphatic heterocycles. The summed E-state index contributed by atoms with van der Waals surface area (Å²) in [5.74, 6) is -0.107. The van der Waals surface area contributed by atoms with Gasteiger partial charge in [0.25, 0.3) is 15.9 Å². The lowest BCUT2D eigenvalue weighted by atomic mass is 10.2. The van der Waals surface area contributed by atoms with Crippen LogP contribution < -0.4 is 23.8 Å². The number of sulfonamides is 1. The third-order valence-electron chi connectivity index (χ3n) is 4.55. The molecule has 1 aromatic carbocycles. The van der Waals surface area contributed by atoms with E-state index in [2.05, 4.69) is 5.16 Å². The Bertz CT molecular complexity index is 1360. The molecule has 0 aliphatic carbocycles. The second-order valence-corrected chi connectivity index (χ2v) is 9.79. The highest BCUT2D eigenvalue weighted by Gasteiger charge is 2.33. The molecule has 3 heterocycles. The van der Waals surface area contributed by atoms with Crippen LogP contribution in [-0.4, -0.2) is 45.6 Å². The first-order valence-corrected chi connectivity index (χ1v) is 12.7. The molecule has 0 spiro atoms. The SMILES string of the molecule is CC(=O)OCCOc1cc2c(cc1N(C(=O)NS(=O)(=O)c1ccsc1)c1onc(C)c1Cl)OCO2. The van der Waals surface area contributed by atoms with Crippen molar-refractivity contribution in [2.45, 2.75) is 18.7 Å².